The first-order valence-electron chi connectivity index (χ1n) is 5.28. The Morgan fingerprint density at radius 3 is 2.75 bits per heavy atom. The summed E-state index contributed by atoms with van der Waals surface area (Å²) in [6.07, 6.45) is 2.10. The minimum absolute atomic E-state index is 0.213. The van der Waals surface area contributed by atoms with Gasteiger partial charge in [-0.2, -0.15) is 0 Å². The number of nitrogens with two attached hydrogens (primary N) is 1. The quantitative estimate of drug-likeness (QED) is 0.822. The highest BCUT2D eigenvalue weighted by atomic mass is 32.2. The third kappa shape index (κ3) is 2.05. The van der Waals surface area contributed by atoms with Gasteiger partial charge in [-0.15, -0.1) is 0 Å². The van der Waals surface area contributed by atoms with Crippen molar-refractivity contribution in [1.82, 2.24) is 0 Å². The first-order chi connectivity index (χ1) is 7.52. The highest BCUT2D eigenvalue weighted by Crippen LogP contribution is 2.30. The molecule has 88 valence electrons. The van der Waals surface area contributed by atoms with Crippen LogP contribution in [-0.4, -0.2) is 27.8 Å². The Labute approximate surface area is 96.1 Å². The monoisotopic (exact) mass is 240 g/mol. The first-order valence-corrected chi connectivity index (χ1v) is 7.13. The van der Waals surface area contributed by atoms with Crippen LogP contribution in [0.15, 0.2) is 24.3 Å². The lowest BCUT2D eigenvalue weighted by Gasteiger charge is -2.33. The van der Waals surface area contributed by atoms with Crippen molar-refractivity contribution in [3.63, 3.8) is 0 Å². The molecule has 1 atom stereocenters. The van der Waals surface area contributed by atoms with Crippen molar-refractivity contribution < 1.29 is 8.42 Å². The molecule has 2 N–H and O–H groups in total. The molecule has 1 aromatic carbocycles. The van der Waals surface area contributed by atoms with Gasteiger partial charge in [0.1, 0.15) is 0 Å². The van der Waals surface area contributed by atoms with E-state index in [0.717, 1.165) is 17.7 Å². The summed E-state index contributed by atoms with van der Waals surface area (Å²) >= 11 is 0. The summed E-state index contributed by atoms with van der Waals surface area (Å²) in [4.78, 5) is 0. The van der Waals surface area contributed by atoms with Crippen LogP contribution < -0.4 is 10.0 Å². The molecule has 0 aliphatic carbocycles. The highest BCUT2D eigenvalue weighted by molar-refractivity contribution is 7.92. The van der Waals surface area contributed by atoms with Gasteiger partial charge < -0.3 is 5.73 Å². The molecule has 0 spiro atoms. The second-order valence-corrected chi connectivity index (χ2v) is 6.14. The molecule has 0 bridgehead atoms. The van der Waals surface area contributed by atoms with Gasteiger partial charge in [-0.1, -0.05) is 18.2 Å². The molecule has 4 nitrogen and oxygen atoms in total. The van der Waals surface area contributed by atoms with Crippen LogP contribution in [0.25, 0.3) is 0 Å². The molecular formula is C11H16N2O2S. The molecular weight excluding hydrogens is 224 g/mol. The summed E-state index contributed by atoms with van der Waals surface area (Å²) in [6, 6.07) is 7.61. The molecule has 2 rings (SSSR count). The largest absolute Gasteiger partial charge is 0.330 e. The Bertz CT molecular complexity index is 485. The zero-order chi connectivity index (χ0) is 11.8. The Balaban J connectivity index is 2.47. The van der Waals surface area contributed by atoms with Crippen LogP contribution in [0.1, 0.15) is 5.56 Å². The molecule has 5 heteroatoms. The van der Waals surface area contributed by atoms with E-state index in [2.05, 4.69) is 0 Å². The van der Waals surface area contributed by atoms with E-state index in [9.17, 15) is 8.42 Å². The van der Waals surface area contributed by atoms with Crippen LogP contribution in [0.3, 0.4) is 0 Å². The predicted octanol–water partition coefficient (Wildman–Crippen LogP) is 0.584. The Kier molecular flexibility index (Phi) is 2.90. The number of nitrogens with zero attached hydrogens (tertiary/aromatic N) is 1. The number of fused-ring (bicyclic) bond motifs is 1. The van der Waals surface area contributed by atoms with Crippen LogP contribution in [0, 0.1) is 5.92 Å². The van der Waals surface area contributed by atoms with Crippen molar-refractivity contribution in [3.05, 3.63) is 29.8 Å². The average molecular weight is 240 g/mol. The predicted molar refractivity (Wildman–Crippen MR) is 64.9 cm³/mol. The summed E-state index contributed by atoms with van der Waals surface area (Å²) in [5.74, 6) is 0.213. The third-order valence-corrected chi connectivity index (χ3v) is 4.07. The van der Waals surface area contributed by atoms with E-state index in [0.29, 0.717) is 13.1 Å². The summed E-state index contributed by atoms with van der Waals surface area (Å²) in [6.45, 7) is 1.01. The average Bonchev–Trinajstić information content (AvgIpc) is 2.26. The minimum atomic E-state index is -3.20. The summed E-state index contributed by atoms with van der Waals surface area (Å²) in [7, 11) is -3.20. The molecule has 0 aromatic heterocycles. The molecule has 0 saturated carbocycles. The lowest BCUT2D eigenvalue weighted by atomic mass is 9.94. The van der Waals surface area contributed by atoms with Crippen molar-refractivity contribution in [2.75, 3.05) is 23.7 Å². The van der Waals surface area contributed by atoms with Gasteiger partial charge >= 0.3 is 0 Å². The molecule has 0 saturated heterocycles. The second kappa shape index (κ2) is 4.07. The standard InChI is InChI=1S/C11H16N2O2S/c1-16(14,15)13-8-9(7-12)6-10-4-2-3-5-11(10)13/h2-5,9H,6-8,12H2,1H3. The molecule has 0 radical (unpaired) electrons. The number of benzene rings is 1. The molecule has 0 amide bonds. The molecule has 0 fully saturated rings. The van der Waals surface area contributed by atoms with Crippen LogP contribution in [0.2, 0.25) is 0 Å². The molecule has 1 heterocycles. The van der Waals surface area contributed by atoms with Gasteiger partial charge in [-0.05, 0) is 30.5 Å². The molecule has 1 aliphatic rings. The fourth-order valence-corrected chi connectivity index (χ4v) is 3.12. The lowest BCUT2D eigenvalue weighted by Crippen LogP contribution is -2.41. The van der Waals surface area contributed by atoms with E-state index in [1.54, 1.807) is 0 Å². The van der Waals surface area contributed by atoms with Gasteiger partial charge in [0.15, 0.2) is 0 Å². The van der Waals surface area contributed by atoms with Crippen molar-refractivity contribution >= 4 is 15.7 Å². The SMILES string of the molecule is CS(=O)(=O)N1CC(CN)Cc2ccccc21. The van der Waals surface area contributed by atoms with Gasteiger partial charge in [0.05, 0.1) is 11.9 Å². The molecule has 16 heavy (non-hydrogen) atoms. The van der Waals surface area contributed by atoms with Crippen LogP contribution in [0.4, 0.5) is 5.69 Å². The normalized spacial score (nSPS) is 20.6. The summed E-state index contributed by atoms with van der Waals surface area (Å²) < 4.78 is 24.9. The number of para-hydroxylation sites is 1. The van der Waals surface area contributed by atoms with Crippen molar-refractivity contribution in [2.45, 2.75) is 6.42 Å². The van der Waals surface area contributed by atoms with Crippen LogP contribution in [-0.2, 0) is 16.4 Å². The zero-order valence-corrected chi connectivity index (χ0v) is 10.1. The van der Waals surface area contributed by atoms with Crippen LogP contribution >= 0.6 is 0 Å². The topological polar surface area (TPSA) is 63.4 Å². The van der Waals surface area contributed by atoms with Crippen molar-refractivity contribution in [2.24, 2.45) is 11.7 Å². The Morgan fingerprint density at radius 1 is 1.44 bits per heavy atom. The molecule has 1 aliphatic heterocycles. The minimum Gasteiger partial charge on any atom is -0.330 e. The highest BCUT2D eigenvalue weighted by Gasteiger charge is 2.28. The summed E-state index contributed by atoms with van der Waals surface area (Å²) in [5.41, 5.74) is 7.51. The Hall–Kier alpha value is -1.07. The second-order valence-electron chi connectivity index (χ2n) is 4.23. The maximum atomic E-state index is 11.7. The van der Waals surface area contributed by atoms with E-state index in [1.807, 2.05) is 24.3 Å². The lowest BCUT2D eigenvalue weighted by molar-refractivity contribution is 0.519. The maximum Gasteiger partial charge on any atom is 0.232 e. The fraction of sp³-hybridized carbons (Fsp3) is 0.455. The van der Waals surface area contributed by atoms with Gasteiger partial charge in [0, 0.05) is 6.54 Å². The fourth-order valence-electron chi connectivity index (χ4n) is 2.11. The van der Waals surface area contributed by atoms with Crippen molar-refractivity contribution in [3.8, 4) is 0 Å². The zero-order valence-electron chi connectivity index (χ0n) is 9.26. The number of anilines is 1. The van der Waals surface area contributed by atoms with E-state index in [4.69, 9.17) is 5.73 Å². The maximum absolute atomic E-state index is 11.7. The van der Waals surface area contributed by atoms with Gasteiger partial charge in [-0.3, -0.25) is 4.31 Å². The molecule has 1 aromatic rings. The number of hydrogen-bond acceptors (Lipinski definition) is 3. The summed E-state index contributed by atoms with van der Waals surface area (Å²) in [5, 5.41) is 0. The Morgan fingerprint density at radius 2 is 2.12 bits per heavy atom. The van der Waals surface area contributed by atoms with Gasteiger partial charge in [0.2, 0.25) is 10.0 Å². The van der Waals surface area contributed by atoms with Crippen molar-refractivity contribution in [1.29, 1.82) is 0 Å². The van der Waals surface area contributed by atoms with E-state index < -0.39 is 10.0 Å². The first kappa shape index (κ1) is 11.4. The number of rotatable bonds is 2. The van der Waals surface area contributed by atoms with Gasteiger partial charge in [-0.25, -0.2) is 8.42 Å². The van der Waals surface area contributed by atoms with E-state index >= 15 is 0 Å². The number of hydrogen-bond donors (Lipinski definition) is 1. The smallest absolute Gasteiger partial charge is 0.232 e. The number of sulfonamides is 1. The van der Waals surface area contributed by atoms with Crippen LogP contribution in [0.5, 0.6) is 0 Å². The van der Waals surface area contributed by atoms with E-state index in [-0.39, 0.29) is 5.92 Å². The third-order valence-electron chi connectivity index (χ3n) is 2.93. The molecule has 1 unspecified atom stereocenters. The van der Waals surface area contributed by atoms with E-state index in [1.165, 1.54) is 10.6 Å². The van der Waals surface area contributed by atoms with Gasteiger partial charge in [0.25, 0.3) is 0 Å².